The van der Waals surface area contributed by atoms with E-state index in [1.54, 1.807) is 0 Å². The number of amides is 1. The molecule has 0 aliphatic heterocycles. The highest BCUT2D eigenvalue weighted by Crippen LogP contribution is 2.32. The predicted octanol–water partition coefficient (Wildman–Crippen LogP) is 5.91. The number of nitrogens with zero attached hydrogens (tertiary/aromatic N) is 1. The molecule has 0 atom stereocenters. The molecule has 4 heteroatoms. The molecule has 1 aliphatic carbocycles. The number of hydrogen-bond acceptors (Lipinski definition) is 3. The van der Waals surface area contributed by atoms with E-state index in [0.717, 1.165) is 38.8 Å². The van der Waals surface area contributed by atoms with Crippen molar-refractivity contribution in [1.29, 1.82) is 0 Å². The number of carbonyl (C=O) groups excluding carboxylic acids is 1. The largest absolute Gasteiger partial charge is 0.444 e. The molecule has 3 rings (SSSR count). The Morgan fingerprint density at radius 1 is 0.967 bits per heavy atom. The SMILES string of the molecule is CC1(NC(=O)OC(C)(C)C)CCC(N(Cc2ccccc2)Cc2ccccc2)CC1. The summed E-state index contributed by atoms with van der Waals surface area (Å²) in [6, 6.07) is 21.9. The number of ether oxygens (including phenoxy) is 1. The first-order chi connectivity index (χ1) is 14.2. The van der Waals surface area contributed by atoms with E-state index in [-0.39, 0.29) is 11.6 Å². The first kappa shape index (κ1) is 22.4. The van der Waals surface area contributed by atoms with Gasteiger partial charge in [0, 0.05) is 24.7 Å². The molecule has 4 nitrogen and oxygen atoms in total. The highest BCUT2D eigenvalue weighted by molar-refractivity contribution is 5.68. The van der Waals surface area contributed by atoms with E-state index >= 15 is 0 Å². The van der Waals surface area contributed by atoms with Crippen LogP contribution < -0.4 is 5.32 Å². The zero-order valence-electron chi connectivity index (χ0n) is 18.9. The van der Waals surface area contributed by atoms with Gasteiger partial charge in [-0.05, 0) is 64.5 Å². The van der Waals surface area contributed by atoms with Crippen LogP contribution in [0.4, 0.5) is 4.79 Å². The molecule has 0 bridgehead atoms. The van der Waals surface area contributed by atoms with Gasteiger partial charge < -0.3 is 10.1 Å². The molecule has 1 amide bonds. The first-order valence-corrected chi connectivity index (χ1v) is 11.1. The molecule has 1 fully saturated rings. The number of benzene rings is 2. The van der Waals surface area contributed by atoms with Gasteiger partial charge in [-0.25, -0.2) is 4.79 Å². The molecular formula is C26H36N2O2. The van der Waals surface area contributed by atoms with Gasteiger partial charge in [-0.3, -0.25) is 4.90 Å². The molecule has 2 aromatic rings. The van der Waals surface area contributed by atoms with Crippen molar-refractivity contribution in [2.24, 2.45) is 0 Å². The molecule has 0 unspecified atom stereocenters. The first-order valence-electron chi connectivity index (χ1n) is 11.1. The molecule has 0 spiro atoms. The summed E-state index contributed by atoms with van der Waals surface area (Å²) in [4.78, 5) is 14.9. The fourth-order valence-corrected chi connectivity index (χ4v) is 4.23. The summed E-state index contributed by atoms with van der Waals surface area (Å²) < 4.78 is 5.48. The van der Waals surface area contributed by atoms with Crippen LogP contribution in [0.2, 0.25) is 0 Å². The van der Waals surface area contributed by atoms with E-state index < -0.39 is 5.60 Å². The predicted molar refractivity (Wildman–Crippen MR) is 122 cm³/mol. The Morgan fingerprint density at radius 3 is 1.87 bits per heavy atom. The lowest BCUT2D eigenvalue weighted by Gasteiger charge is -2.42. The molecule has 1 aliphatic rings. The second-order valence-electron chi connectivity index (χ2n) is 9.79. The molecule has 0 saturated heterocycles. The summed E-state index contributed by atoms with van der Waals surface area (Å²) in [5.41, 5.74) is 2.01. The van der Waals surface area contributed by atoms with Crippen LogP contribution in [0.1, 0.15) is 64.5 Å². The van der Waals surface area contributed by atoms with Crippen molar-refractivity contribution in [3.05, 3.63) is 71.8 Å². The Morgan fingerprint density at radius 2 is 1.43 bits per heavy atom. The van der Waals surface area contributed by atoms with Gasteiger partial charge in [0.15, 0.2) is 0 Å². The lowest BCUT2D eigenvalue weighted by atomic mass is 9.80. The summed E-state index contributed by atoms with van der Waals surface area (Å²) in [5.74, 6) is 0. The van der Waals surface area contributed by atoms with Crippen LogP contribution in [0.5, 0.6) is 0 Å². The highest BCUT2D eigenvalue weighted by Gasteiger charge is 2.35. The lowest BCUT2D eigenvalue weighted by molar-refractivity contribution is 0.0392. The number of hydrogen-bond donors (Lipinski definition) is 1. The van der Waals surface area contributed by atoms with Crippen molar-refractivity contribution in [3.63, 3.8) is 0 Å². The molecular weight excluding hydrogens is 372 g/mol. The Balaban J connectivity index is 1.64. The van der Waals surface area contributed by atoms with Gasteiger partial charge in [0.25, 0.3) is 0 Å². The van der Waals surface area contributed by atoms with E-state index in [1.807, 2.05) is 20.8 Å². The van der Waals surface area contributed by atoms with Gasteiger partial charge in [0.1, 0.15) is 5.60 Å². The average Bonchev–Trinajstić information content (AvgIpc) is 2.68. The van der Waals surface area contributed by atoms with Crippen LogP contribution in [0, 0.1) is 0 Å². The summed E-state index contributed by atoms with van der Waals surface area (Å²) in [6.45, 7) is 9.73. The zero-order valence-corrected chi connectivity index (χ0v) is 18.9. The Kier molecular flexibility index (Phi) is 7.19. The second-order valence-corrected chi connectivity index (χ2v) is 9.79. The fourth-order valence-electron chi connectivity index (χ4n) is 4.23. The Labute approximate surface area is 181 Å². The Bertz CT molecular complexity index is 749. The van der Waals surface area contributed by atoms with Crippen LogP contribution in [0.25, 0.3) is 0 Å². The van der Waals surface area contributed by atoms with Crippen LogP contribution in [-0.2, 0) is 17.8 Å². The van der Waals surface area contributed by atoms with E-state index in [4.69, 9.17) is 4.74 Å². The molecule has 2 aromatic carbocycles. The van der Waals surface area contributed by atoms with Crippen LogP contribution in [0.15, 0.2) is 60.7 Å². The minimum Gasteiger partial charge on any atom is -0.444 e. The van der Waals surface area contributed by atoms with Crippen molar-refractivity contribution < 1.29 is 9.53 Å². The van der Waals surface area contributed by atoms with E-state index in [1.165, 1.54) is 11.1 Å². The Hall–Kier alpha value is -2.33. The average molecular weight is 409 g/mol. The van der Waals surface area contributed by atoms with Crippen LogP contribution in [-0.4, -0.2) is 28.2 Å². The van der Waals surface area contributed by atoms with Gasteiger partial charge in [-0.15, -0.1) is 0 Å². The number of rotatable bonds is 6. The molecule has 0 heterocycles. The van der Waals surface area contributed by atoms with Gasteiger partial charge in [0.2, 0.25) is 0 Å². The van der Waals surface area contributed by atoms with E-state index in [0.29, 0.717) is 6.04 Å². The third-order valence-electron chi connectivity index (χ3n) is 5.83. The normalized spacial score (nSPS) is 22.0. The van der Waals surface area contributed by atoms with Crippen molar-refractivity contribution in [3.8, 4) is 0 Å². The number of alkyl carbamates (subject to hydrolysis) is 1. The van der Waals surface area contributed by atoms with E-state index in [9.17, 15) is 4.79 Å². The maximum Gasteiger partial charge on any atom is 0.408 e. The smallest absolute Gasteiger partial charge is 0.408 e. The standard InChI is InChI=1S/C26H36N2O2/c1-25(2,3)30-24(29)27-26(4)17-15-23(16-18-26)28(19-21-11-7-5-8-12-21)20-22-13-9-6-10-14-22/h5-14,23H,15-20H2,1-4H3,(H,27,29). The third-order valence-corrected chi connectivity index (χ3v) is 5.83. The number of nitrogens with one attached hydrogen (secondary N) is 1. The quantitative estimate of drug-likeness (QED) is 0.645. The summed E-state index contributed by atoms with van der Waals surface area (Å²) in [6.07, 6.45) is 3.72. The van der Waals surface area contributed by atoms with Crippen LogP contribution >= 0.6 is 0 Å². The molecule has 1 saturated carbocycles. The second kappa shape index (κ2) is 9.65. The third kappa shape index (κ3) is 6.88. The molecule has 0 aromatic heterocycles. The molecule has 1 N–H and O–H groups in total. The van der Waals surface area contributed by atoms with Crippen molar-refractivity contribution in [2.75, 3.05) is 0 Å². The van der Waals surface area contributed by atoms with Gasteiger partial charge in [0.05, 0.1) is 0 Å². The van der Waals surface area contributed by atoms with Gasteiger partial charge in [-0.2, -0.15) is 0 Å². The van der Waals surface area contributed by atoms with Crippen molar-refractivity contribution in [2.45, 2.75) is 83.6 Å². The summed E-state index contributed by atoms with van der Waals surface area (Å²) in [7, 11) is 0. The summed E-state index contributed by atoms with van der Waals surface area (Å²) in [5, 5.41) is 3.13. The summed E-state index contributed by atoms with van der Waals surface area (Å²) >= 11 is 0. The molecule has 30 heavy (non-hydrogen) atoms. The molecule has 0 radical (unpaired) electrons. The van der Waals surface area contributed by atoms with E-state index in [2.05, 4.69) is 77.8 Å². The van der Waals surface area contributed by atoms with Crippen molar-refractivity contribution in [1.82, 2.24) is 10.2 Å². The minimum absolute atomic E-state index is 0.204. The molecule has 162 valence electrons. The monoisotopic (exact) mass is 408 g/mol. The lowest BCUT2D eigenvalue weighted by Crippen LogP contribution is -2.52. The maximum absolute atomic E-state index is 12.3. The zero-order chi connectivity index (χ0) is 21.6. The fraction of sp³-hybridized carbons (Fsp3) is 0.500. The highest BCUT2D eigenvalue weighted by atomic mass is 16.6. The van der Waals surface area contributed by atoms with Crippen molar-refractivity contribution >= 4 is 6.09 Å². The number of carbonyl (C=O) groups is 1. The maximum atomic E-state index is 12.3. The van der Waals surface area contributed by atoms with Gasteiger partial charge in [-0.1, -0.05) is 60.7 Å². The van der Waals surface area contributed by atoms with Crippen LogP contribution in [0.3, 0.4) is 0 Å². The minimum atomic E-state index is -0.472. The topological polar surface area (TPSA) is 41.6 Å². The van der Waals surface area contributed by atoms with Gasteiger partial charge >= 0.3 is 6.09 Å².